The van der Waals surface area contributed by atoms with E-state index in [-0.39, 0.29) is 16.3 Å². The molecule has 0 bridgehead atoms. The Kier molecular flexibility index (Phi) is 5.64. The molecule has 0 fully saturated rings. The van der Waals surface area contributed by atoms with Gasteiger partial charge in [0.1, 0.15) is 5.82 Å². The number of hydrogen-bond donors (Lipinski definition) is 2. The van der Waals surface area contributed by atoms with Crippen LogP contribution in [0.3, 0.4) is 0 Å². The summed E-state index contributed by atoms with van der Waals surface area (Å²) in [5.41, 5.74) is 5.79. The first-order chi connectivity index (χ1) is 11.3. The molecule has 2 rings (SSSR count). The molecular weight excluding hydrogens is 358 g/mol. The summed E-state index contributed by atoms with van der Waals surface area (Å²) in [5, 5.41) is 3.19. The summed E-state index contributed by atoms with van der Waals surface area (Å²) in [7, 11) is 0. The van der Waals surface area contributed by atoms with E-state index in [0.29, 0.717) is 10.7 Å². The summed E-state index contributed by atoms with van der Waals surface area (Å²) in [6.45, 7) is 1.39. The van der Waals surface area contributed by atoms with E-state index in [1.165, 1.54) is 25.1 Å². The first-order valence-electron chi connectivity index (χ1n) is 6.80. The molecule has 8 heteroatoms. The Labute approximate surface area is 147 Å². The molecule has 0 spiro atoms. The Morgan fingerprint density at radius 3 is 2.54 bits per heavy atom. The van der Waals surface area contributed by atoms with Crippen LogP contribution in [0.2, 0.25) is 10.0 Å². The number of nitrogens with one attached hydrogen (secondary N) is 1. The minimum atomic E-state index is -1.12. The maximum absolute atomic E-state index is 13.0. The van der Waals surface area contributed by atoms with Crippen LogP contribution in [0.4, 0.5) is 15.8 Å². The molecule has 2 aromatic carbocycles. The normalized spacial score (nSPS) is 11.7. The van der Waals surface area contributed by atoms with Gasteiger partial charge in [0, 0.05) is 10.7 Å². The molecule has 3 N–H and O–H groups in total. The molecule has 0 heterocycles. The summed E-state index contributed by atoms with van der Waals surface area (Å²) >= 11 is 11.7. The van der Waals surface area contributed by atoms with E-state index in [9.17, 15) is 14.0 Å². The molecule has 0 aliphatic carbocycles. The van der Waals surface area contributed by atoms with Crippen LogP contribution in [0.25, 0.3) is 0 Å². The molecule has 126 valence electrons. The van der Waals surface area contributed by atoms with Crippen LogP contribution in [-0.2, 0) is 9.53 Å². The van der Waals surface area contributed by atoms with Crippen molar-refractivity contribution >= 4 is 46.5 Å². The van der Waals surface area contributed by atoms with Gasteiger partial charge >= 0.3 is 5.97 Å². The van der Waals surface area contributed by atoms with Crippen molar-refractivity contribution in [2.24, 2.45) is 0 Å². The van der Waals surface area contributed by atoms with Gasteiger partial charge in [-0.15, -0.1) is 0 Å². The van der Waals surface area contributed by atoms with E-state index in [4.69, 9.17) is 33.7 Å². The molecule has 0 aliphatic rings. The number of nitrogens with two attached hydrogens (primary N) is 1. The highest BCUT2D eigenvalue weighted by Gasteiger charge is 2.21. The maximum Gasteiger partial charge on any atom is 0.341 e. The highest BCUT2D eigenvalue weighted by molar-refractivity contribution is 6.36. The van der Waals surface area contributed by atoms with Crippen LogP contribution in [0, 0.1) is 5.82 Å². The predicted molar refractivity (Wildman–Crippen MR) is 90.8 cm³/mol. The zero-order chi connectivity index (χ0) is 17.9. The van der Waals surface area contributed by atoms with E-state index in [2.05, 4.69) is 5.32 Å². The largest absolute Gasteiger partial charge is 0.449 e. The number of hydrogen-bond acceptors (Lipinski definition) is 4. The van der Waals surface area contributed by atoms with Crippen molar-refractivity contribution in [3.63, 3.8) is 0 Å². The third-order valence-electron chi connectivity index (χ3n) is 3.08. The van der Waals surface area contributed by atoms with Gasteiger partial charge in [-0.05, 0) is 43.3 Å². The number of esters is 1. The van der Waals surface area contributed by atoms with Crippen LogP contribution in [-0.4, -0.2) is 18.0 Å². The van der Waals surface area contributed by atoms with Crippen LogP contribution < -0.4 is 11.1 Å². The number of amides is 1. The molecule has 0 radical (unpaired) electrons. The third kappa shape index (κ3) is 4.37. The zero-order valence-corrected chi connectivity index (χ0v) is 14.0. The SMILES string of the molecule is CC(OC(=O)c1ccc(F)cc1N)C(=O)Nc1ccc(Cl)cc1Cl. The Morgan fingerprint density at radius 1 is 1.21 bits per heavy atom. The fourth-order valence-corrected chi connectivity index (χ4v) is 2.28. The first-order valence-corrected chi connectivity index (χ1v) is 7.55. The second kappa shape index (κ2) is 7.51. The van der Waals surface area contributed by atoms with E-state index >= 15 is 0 Å². The quantitative estimate of drug-likeness (QED) is 0.631. The average Bonchev–Trinajstić information content (AvgIpc) is 2.49. The number of ether oxygens (including phenoxy) is 1. The summed E-state index contributed by atoms with van der Waals surface area (Å²) < 4.78 is 18.0. The lowest BCUT2D eigenvalue weighted by molar-refractivity contribution is -0.123. The number of anilines is 2. The number of carbonyl (C=O) groups excluding carboxylic acids is 2. The fraction of sp³-hybridized carbons (Fsp3) is 0.125. The van der Waals surface area contributed by atoms with Crippen LogP contribution in [0.15, 0.2) is 36.4 Å². The lowest BCUT2D eigenvalue weighted by Crippen LogP contribution is -2.30. The molecular formula is C16H13Cl2FN2O3. The van der Waals surface area contributed by atoms with Crippen molar-refractivity contribution in [3.05, 3.63) is 57.8 Å². The van der Waals surface area contributed by atoms with Crippen molar-refractivity contribution < 1.29 is 18.7 Å². The lowest BCUT2D eigenvalue weighted by Gasteiger charge is -2.15. The van der Waals surface area contributed by atoms with Crippen molar-refractivity contribution in [1.29, 1.82) is 0 Å². The molecule has 0 aromatic heterocycles. The number of halogens is 3. The number of carbonyl (C=O) groups is 2. The van der Waals surface area contributed by atoms with E-state index in [1.54, 1.807) is 6.07 Å². The van der Waals surface area contributed by atoms with Gasteiger partial charge in [0.15, 0.2) is 6.10 Å². The third-order valence-corrected chi connectivity index (χ3v) is 3.62. The van der Waals surface area contributed by atoms with Crippen LogP contribution in [0.1, 0.15) is 17.3 Å². The summed E-state index contributed by atoms with van der Waals surface area (Å²) in [6, 6.07) is 7.80. The monoisotopic (exact) mass is 370 g/mol. The zero-order valence-electron chi connectivity index (χ0n) is 12.5. The summed E-state index contributed by atoms with van der Waals surface area (Å²) in [4.78, 5) is 24.1. The van der Waals surface area contributed by atoms with Crippen LogP contribution >= 0.6 is 23.2 Å². The van der Waals surface area contributed by atoms with Crippen molar-refractivity contribution in [1.82, 2.24) is 0 Å². The standard InChI is InChI=1S/C16H13Cl2FN2O3/c1-8(15(22)21-14-5-2-9(17)6-12(14)18)24-16(23)11-4-3-10(19)7-13(11)20/h2-8H,20H2,1H3,(H,21,22). The first kappa shape index (κ1) is 18.0. The topological polar surface area (TPSA) is 81.4 Å². The smallest absolute Gasteiger partial charge is 0.341 e. The molecule has 1 amide bonds. The molecule has 1 atom stereocenters. The fourth-order valence-electron chi connectivity index (χ4n) is 1.82. The number of benzene rings is 2. The van der Waals surface area contributed by atoms with Gasteiger partial charge in [0.25, 0.3) is 5.91 Å². The lowest BCUT2D eigenvalue weighted by atomic mass is 10.2. The van der Waals surface area contributed by atoms with Crippen molar-refractivity contribution in [2.45, 2.75) is 13.0 Å². The average molecular weight is 371 g/mol. The molecule has 5 nitrogen and oxygen atoms in total. The van der Waals surface area contributed by atoms with Gasteiger partial charge in [-0.2, -0.15) is 0 Å². The molecule has 0 saturated heterocycles. The number of nitrogen functional groups attached to an aromatic ring is 1. The molecule has 0 aliphatic heterocycles. The summed E-state index contributed by atoms with van der Waals surface area (Å²) in [6.07, 6.45) is -1.12. The molecule has 1 unspecified atom stereocenters. The van der Waals surface area contributed by atoms with Gasteiger partial charge in [0.05, 0.1) is 16.3 Å². The second-order valence-corrected chi connectivity index (χ2v) is 5.74. The Morgan fingerprint density at radius 2 is 1.92 bits per heavy atom. The van der Waals surface area contributed by atoms with Gasteiger partial charge in [-0.25, -0.2) is 9.18 Å². The van der Waals surface area contributed by atoms with Crippen molar-refractivity contribution in [3.8, 4) is 0 Å². The second-order valence-electron chi connectivity index (χ2n) is 4.89. The van der Waals surface area contributed by atoms with E-state index in [1.807, 2.05) is 0 Å². The highest BCUT2D eigenvalue weighted by Crippen LogP contribution is 2.25. The number of rotatable bonds is 4. The van der Waals surface area contributed by atoms with Gasteiger partial charge < -0.3 is 15.8 Å². The molecule has 0 saturated carbocycles. The maximum atomic E-state index is 13.0. The van der Waals surface area contributed by atoms with Gasteiger partial charge in [0.2, 0.25) is 0 Å². The van der Waals surface area contributed by atoms with E-state index in [0.717, 1.165) is 12.1 Å². The Hall–Kier alpha value is -2.31. The van der Waals surface area contributed by atoms with Gasteiger partial charge in [-0.3, -0.25) is 4.79 Å². The van der Waals surface area contributed by atoms with Crippen LogP contribution in [0.5, 0.6) is 0 Å². The summed E-state index contributed by atoms with van der Waals surface area (Å²) in [5.74, 6) is -2.00. The van der Waals surface area contributed by atoms with E-state index < -0.39 is 23.8 Å². The minimum Gasteiger partial charge on any atom is -0.449 e. The minimum absolute atomic E-state index is 0.0272. The molecule has 2 aromatic rings. The Balaban J connectivity index is 2.04. The Bertz CT molecular complexity index is 799. The van der Waals surface area contributed by atoms with Gasteiger partial charge in [-0.1, -0.05) is 23.2 Å². The van der Waals surface area contributed by atoms with Crippen molar-refractivity contribution in [2.75, 3.05) is 11.1 Å². The highest BCUT2D eigenvalue weighted by atomic mass is 35.5. The molecule has 24 heavy (non-hydrogen) atoms. The predicted octanol–water partition coefficient (Wildman–Crippen LogP) is 3.90.